The first-order valence-electron chi connectivity index (χ1n) is 5.97. The Morgan fingerprint density at radius 2 is 2.16 bits per heavy atom. The van der Waals surface area contributed by atoms with Crippen molar-refractivity contribution in [1.29, 1.82) is 0 Å². The van der Waals surface area contributed by atoms with Gasteiger partial charge >= 0.3 is 0 Å². The number of anilines is 1. The van der Waals surface area contributed by atoms with Crippen LogP contribution >= 0.6 is 0 Å². The third-order valence-corrected chi connectivity index (χ3v) is 3.32. The van der Waals surface area contributed by atoms with Crippen LogP contribution in [0.1, 0.15) is 5.56 Å². The molecule has 98 valence electrons. The van der Waals surface area contributed by atoms with Gasteiger partial charge < -0.3 is 19.6 Å². The SMILES string of the molecule is COc1ccc(C)c2c(-c3cc(N)on3)cn(C)c12. The highest BCUT2D eigenvalue weighted by Gasteiger charge is 2.17. The maximum absolute atomic E-state index is 5.60. The van der Waals surface area contributed by atoms with Crippen molar-refractivity contribution in [2.75, 3.05) is 12.8 Å². The molecule has 2 heterocycles. The molecule has 2 aromatic heterocycles. The molecular formula is C14H15N3O2. The average Bonchev–Trinajstić information content (AvgIpc) is 2.95. The molecule has 1 aromatic carbocycles. The third-order valence-electron chi connectivity index (χ3n) is 3.32. The Hall–Kier alpha value is -2.43. The molecule has 0 unspecified atom stereocenters. The summed E-state index contributed by atoms with van der Waals surface area (Å²) in [6.07, 6.45) is 2.01. The Labute approximate surface area is 110 Å². The Kier molecular flexibility index (Phi) is 2.48. The van der Waals surface area contributed by atoms with E-state index in [1.54, 1.807) is 13.2 Å². The highest BCUT2D eigenvalue weighted by atomic mass is 16.5. The molecule has 0 atom stereocenters. The van der Waals surface area contributed by atoms with Gasteiger partial charge in [-0.2, -0.15) is 0 Å². The number of aromatic nitrogens is 2. The van der Waals surface area contributed by atoms with Crippen molar-refractivity contribution in [3.8, 4) is 17.0 Å². The number of hydrogen-bond donors (Lipinski definition) is 1. The number of nitrogens with two attached hydrogens (primary N) is 1. The molecule has 0 saturated heterocycles. The van der Waals surface area contributed by atoms with E-state index in [9.17, 15) is 0 Å². The Bertz CT molecular complexity index is 755. The van der Waals surface area contributed by atoms with Crippen LogP contribution in [0.4, 0.5) is 5.88 Å². The Morgan fingerprint density at radius 1 is 1.37 bits per heavy atom. The van der Waals surface area contributed by atoms with Gasteiger partial charge in [0, 0.05) is 30.3 Å². The van der Waals surface area contributed by atoms with Crippen LogP contribution < -0.4 is 10.5 Å². The van der Waals surface area contributed by atoms with Crippen LogP contribution in [-0.4, -0.2) is 16.8 Å². The van der Waals surface area contributed by atoms with Gasteiger partial charge in [-0.1, -0.05) is 11.2 Å². The number of ether oxygens (including phenoxy) is 1. The minimum atomic E-state index is 0.313. The summed E-state index contributed by atoms with van der Waals surface area (Å²) in [6, 6.07) is 5.74. The molecule has 0 bridgehead atoms. The Morgan fingerprint density at radius 3 is 2.79 bits per heavy atom. The number of methoxy groups -OCH3 is 1. The van der Waals surface area contributed by atoms with E-state index in [0.29, 0.717) is 5.88 Å². The maximum atomic E-state index is 5.60. The van der Waals surface area contributed by atoms with Crippen LogP contribution in [0.25, 0.3) is 22.2 Å². The minimum Gasteiger partial charge on any atom is -0.495 e. The maximum Gasteiger partial charge on any atom is 0.222 e. The second-order valence-corrected chi connectivity index (χ2v) is 4.58. The molecule has 3 aromatic rings. The van der Waals surface area contributed by atoms with E-state index in [0.717, 1.165) is 33.5 Å². The number of benzene rings is 1. The topological polar surface area (TPSA) is 66.2 Å². The zero-order valence-corrected chi connectivity index (χ0v) is 11.1. The molecule has 5 heteroatoms. The molecule has 0 spiro atoms. The smallest absolute Gasteiger partial charge is 0.222 e. The van der Waals surface area contributed by atoms with Crippen molar-refractivity contribution in [3.63, 3.8) is 0 Å². The van der Waals surface area contributed by atoms with Crippen molar-refractivity contribution >= 4 is 16.8 Å². The van der Waals surface area contributed by atoms with Crippen molar-refractivity contribution in [2.24, 2.45) is 7.05 Å². The zero-order chi connectivity index (χ0) is 13.6. The molecule has 19 heavy (non-hydrogen) atoms. The summed E-state index contributed by atoms with van der Waals surface area (Å²) in [5, 5.41) is 5.10. The fourth-order valence-electron chi connectivity index (χ4n) is 2.46. The van der Waals surface area contributed by atoms with Gasteiger partial charge in [0.25, 0.3) is 0 Å². The van der Waals surface area contributed by atoms with Gasteiger partial charge in [-0.15, -0.1) is 0 Å². The van der Waals surface area contributed by atoms with Crippen molar-refractivity contribution in [1.82, 2.24) is 9.72 Å². The fraction of sp³-hybridized carbons (Fsp3) is 0.214. The first kappa shape index (κ1) is 11.6. The lowest BCUT2D eigenvalue weighted by atomic mass is 10.0. The van der Waals surface area contributed by atoms with E-state index in [2.05, 4.69) is 12.1 Å². The molecule has 0 aliphatic rings. The van der Waals surface area contributed by atoms with E-state index in [1.165, 1.54) is 0 Å². The van der Waals surface area contributed by atoms with E-state index in [4.69, 9.17) is 15.0 Å². The first-order chi connectivity index (χ1) is 9.11. The van der Waals surface area contributed by atoms with Gasteiger partial charge in [0.1, 0.15) is 11.4 Å². The van der Waals surface area contributed by atoms with Gasteiger partial charge in [-0.3, -0.25) is 0 Å². The molecule has 0 aliphatic heterocycles. The number of rotatable bonds is 2. The van der Waals surface area contributed by atoms with Crippen LogP contribution in [0.2, 0.25) is 0 Å². The van der Waals surface area contributed by atoms with Crippen molar-refractivity contribution in [2.45, 2.75) is 6.92 Å². The molecular weight excluding hydrogens is 242 g/mol. The number of nitrogen functional groups attached to an aromatic ring is 1. The van der Waals surface area contributed by atoms with Crippen molar-refractivity contribution < 1.29 is 9.26 Å². The molecule has 2 N–H and O–H groups in total. The minimum absolute atomic E-state index is 0.313. The summed E-state index contributed by atoms with van der Waals surface area (Å²) >= 11 is 0. The summed E-state index contributed by atoms with van der Waals surface area (Å²) in [5.41, 5.74) is 9.53. The summed E-state index contributed by atoms with van der Waals surface area (Å²) in [6.45, 7) is 2.06. The molecule has 3 rings (SSSR count). The van der Waals surface area contributed by atoms with Gasteiger partial charge in [0.05, 0.1) is 12.6 Å². The first-order valence-corrected chi connectivity index (χ1v) is 5.97. The van der Waals surface area contributed by atoms with E-state index in [-0.39, 0.29) is 0 Å². The van der Waals surface area contributed by atoms with Crippen molar-refractivity contribution in [3.05, 3.63) is 30.0 Å². The van der Waals surface area contributed by atoms with Crippen LogP contribution in [0, 0.1) is 6.92 Å². The van der Waals surface area contributed by atoms with Gasteiger partial charge in [-0.25, -0.2) is 0 Å². The third kappa shape index (κ3) is 1.66. The monoisotopic (exact) mass is 257 g/mol. The molecule has 0 amide bonds. The van der Waals surface area contributed by atoms with Crippen LogP contribution in [0.3, 0.4) is 0 Å². The lowest BCUT2D eigenvalue weighted by molar-refractivity contribution is 0.418. The Balaban J connectivity index is 2.38. The number of aryl methyl sites for hydroxylation is 2. The summed E-state index contributed by atoms with van der Waals surface area (Å²) < 4.78 is 12.4. The van der Waals surface area contributed by atoms with Crippen LogP contribution in [0.5, 0.6) is 5.75 Å². The fourth-order valence-corrected chi connectivity index (χ4v) is 2.46. The van der Waals surface area contributed by atoms with Gasteiger partial charge in [0.2, 0.25) is 5.88 Å². The standard InChI is InChI=1S/C14H15N3O2/c1-8-4-5-11(18-3)14-13(8)9(7-17(14)2)10-6-12(15)19-16-10/h4-7H,15H2,1-3H3. The molecule has 0 fully saturated rings. The lowest BCUT2D eigenvalue weighted by Crippen LogP contribution is -1.90. The lowest BCUT2D eigenvalue weighted by Gasteiger charge is -2.06. The van der Waals surface area contributed by atoms with E-state index in [1.807, 2.05) is 29.9 Å². The van der Waals surface area contributed by atoms with Crippen LogP contribution in [-0.2, 0) is 7.05 Å². The van der Waals surface area contributed by atoms with E-state index >= 15 is 0 Å². The quantitative estimate of drug-likeness (QED) is 0.766. The summed E-state index contributed by atoms with van der Waals surface area (Å²) in [7, 11) is 3.65. The van der Waals surface area contributed by atoms with E-state index < -0.39 is 0 Å². The average molecular weight is 257 g/mol. The molecule has 5 nitrogen and oxygen atoms in total. The number of nitrogens with zero attached hydrogens (tertiary/aromatic N) is 2. The second-order valence-electron chi connectivity index (χ2n) is 4.58. The predicted molar refractivity (Wildman–Crippen MR) is 74.1 cm³/mol. The predicted octanol–water partition coefficient (Wildman–Crippen LogP) is 2.73. The zero-order valence-electron chi connectivity index (χ0n) is 11.1. The molecule has 0 radical (unpaired) electrons. The largest absolute Gasteiger partial charge is 0.495 e. The molecule has 0 aliphatic carbocycles. The highest BCUT2D eigenvalue weighted by Crippen LogP contribution is 2.37. The molecule has 0 saturated carbocycles. The highest BCUT2D eigenvalue weighted by molar-refractivity contribution is 6.00. The number of hydrogen-bond acceptors (Lipinski definition) is 4. The van der Waals surface area contributed by atoms with Gasteiger partial charge in [0.15, 0.2) is 0 Å². The van der Waals surface area contributed by atoms with Crippen LogP contribution in [0.15, 0.2) is 28.9 Å². The second kappa shape index (κ2) is 4.05. The summed E-state index contributed by atoms with van der Waals surface area (Å²) in [5.74, 6) is 1.15. The van der Waals surface area contributed by atoms with Gasteiger partial charge in [-0.05, 0) is 18.6 Å². The number of fused-ring (bicyclic) bond motifs is 1. The normalized spacial score (nSPS) is 11.1. The summed E-state index contributed by atoms with van der Waals surface area (Å²) in [4.78, 5) is 0.